The van der Waals surface area contributed by atoms with E-state index in [1.165, 1.54) is 6.42 Å². The van der Waals surface area contributed by atoms with E-state index in [1.54, 1.807) is 0 Å². The lowest BCUT2D eigenvalue weighted by Crippen LogP contribution is -2.44. The largest absolute Gasteiger partial charge is 0.376 e. The van der Waals surface area contributed by atoms with Crippen molar-refractivity contribution in [3.63, 3.8) is 0 Å². The van der Waals surface area contributed by atoms with Gasteiger partial charge in [-0.25, -0.2) is 0 Å². The molecule has 1 N–H and O–H groups in total. The van der Waals surface area contributed by atoms with E-state index in [1.807, 2.05) is 18.7 Å². The Labute approximate surface area is 97.3 Å². The Morgan fingerprint density at radius 2 is 2.38 bits per heavy atom. The SMILES string of the molecule is CCC1(C)NCN(CC2CCCCO2)C1=O. The summed E-state index contributed by atoms with van der Waals surface area (Å²) in [5.74, 6) is 0.226. The van der Waals surface area contributed by atoms with E-state index >= 15 is 0 Å². The van der Waals surface area contributed by atoms with E-state index in [9.17, 15) is 4.79 Å². The highest BCUT2D eigenvalue weighted by Crippen LogP contribution is 2.21. The number of hydrogen-bond donors (Lipinski definition) is 1. The molecule has 2 fully saturated rings. The van der Waals surface area contributed by atoms with Gasteiger partial charge in [0.15, 0.2) is 0 Å². The normalized spacial score (nSPS) is 35.8. The molecule has 92 valence electrons. The molecule has 2 aliphatic rings. The standard InChI is InChI=1S/C12H22N2O2/c1-3-12(2)11(15)14(9-13-12)8-10-6-4-5-7-16-10/h10,13H,3-9H2,1-2H3. The van der Waals surface area contributed by atoms with Crippen LogP contribution in [-0.4, -0.2) is 42.3 Å². The zero-order valence-corrected chi connectivity index (χ0v) is 10.3. The third-order valence-corrected chi connectivity index (χ3v) is 3.82. The van der Waals surface area contributed by atoms with Crippen molar-refractivity contribution in [3.05, 3.63) is 0 Å². The third kappa shape index (κ3) is 2.23. The zero-order chi connectivity index (χ0) is 11.6. The summed E-state index contributed by atoms with van der Waals surface area (Å²) in [6, 6.07) is 0. The van der Waals surface area contributed by atoms with Crippen molar-refractivity contribution in [1.82, 2.24) is 10.2 Å². The second-order valence-electron chi connectivity index (χ2n) is 5.04. The summed E-state index contributed by atoms with van der Waals surface area (Å²) in [4.78, 5) is 14.0. The van der Waals surface area contributed by atoms with Gasteiger partial charge in [0.2, 0.25) is 5.91 Å². The van der Waals surface area contributed by atoms with Crippen LogP contribution in [0.2, 0.25) is 0 Å². The second kappa shape index (κ2) is 4.72. The van der Waals surface area contributed by atoms with Crippen LogP contribution in [0, 0.1) is 0 Å². The van der Waals surface area contributed by atoms with Crippen molar-refractivity contribution in [3.8, 4) is 0 Å². The van der Waals surface area contributed by atoms with Crippen LogP contribution in [0.25, 0.3) is 0 Å². The molecular formula is C12H22N2O2. The predicted octanol–water partition coefficient (Wildman–Crippen LogP) is 1.11. The fraction of sp³-hybridized carbons (Fsp3) is 0.917. The minimum atomic E-state index is -0.353. The topological polar surface area (TPSA) is 41.6 Å². The first-order chi connectivity index (χ1) is 7.65. The first-order valence-electron chi connectivity index (χ1n) is 6.32. The van der Waals surface area contributed by atoms with Crippen molar-refractivity contribution in [2.75, 3.05) is 19.8 Å². The summed E-state index contributed by atoms with van der Waals surface area (Å²) in [6.45, 7) is 6.30. The number of carbonyl (C=O) groups excluding carboxylic acids is 1. The monoisotopic (exact) mass is 226 g/mol. The Morgan fingerprint density at radius 1 is 1.56 bits per heavy atom. The maximum absolute atomic E-state index is 12.1. The average Bonchev–Trinajstić information content (AvgIpc) is 2.60. The van der Waals surface area contributed by atoms with E-state index < -0.39 is 0 Å². The molecule has 0 aromatic carbocycles. The van der Waals surface area contributed by atoms with Crippen molar-refractivity contribution in [2.24, 2.45) is 0 Å². The van der Waals surface area contributed by atoms with E-state index in [2.05, 4.69) is 5.32 Å². The molecule has 4 heteroatoms. The van der Waals surface area contributed by atoms with Gasteiger partial charge in [-0.3, -0.25) is 10.1 Å². The molecule has 2 aliphatic heterocycles. The highest BCUT2D eigenvalue weighted by atomic mass is 16.5. The molecule has 2 heterocycles. The average molecular weight is 226 g/mol. The van der Waals surface area contributed by atoms with Gasteiger partial charge < -0.3 is 9.64 Å². The van der Waals surface area contributed by atoms with Gasteiger partial charge in [0.1, 0.15) is 0 Å². The fourth-order valence-corrected chi connectivity index (χ4v) is 2.39. The molecule has 2 atom stereocenters. The van der Waals surface area contributed by atoms with Crippen LogP contribution in [0.15, 0.2) is 0 Å². The molecule has 0 saturated carbocycles. The molecular weight excluding hydrogens is 204 g/mol. The van der Waals surface area contributed by atoms with E-state index in [0.29, 0.717) is 6.67 Å². The number of nitrogens with one attached hydrogen (secondary N) is 1. The van der Waals surface area contributed by atoms with Crippen molar-refractivity contribution in [2.45, 2.75) is 51.2 Å². The second-order valence-corrected chi connectivity index (χ2v) is 5.04. The van der Waals surface area contributed by atoms with Crippen LogP contribution in [-0.2, 0) is 9.53 Å². The molecule has 2 saturated heterocycles. The molecule has 0 bridgehead atoms. The molecule has 0 aliphatic carbocycles. The lowest BCUT2D eigenvalue weighted by molar-refractivity contribution is -0.134. The van der Waals surface area contributed by atoms with Crippen molar-refractivity contribution in [1.29, 1.82) is 0 Å². The smallest absolute Gasteiger partial charge is 0.243 e. The number of rotatable bonds is 3. The fourth-order valence-electron chi connectivity index (χ4n) is 2.39. The first kappa shape index (κ1) is 11.9. The van der Waals surface area contributed by atoms with Crippen LogP contribution in [0.1, 0.15) is 39.5 Å². The van der Waals surface area contributed by atoms with Crippen LogP contribution in [0.5, 0.6) is 0 Å². The third-order valence-electron chi connectivity index (χ3n) is 3.82. The Kier molecular flexibility index (Phi) is 3.50. The number of carbonyl (C=O) groups is 1. The van der Waals surface area contributed by atoms with Crippen LogP contribution in [0.3, 0.4) is 0 Å². The van der Waals surface area contributed by atoms with E-state index in [-0.39, 0.29) is 17.6 Å². The molecule has 0 spiro atoms. The molecule has 16 heavy (non-hydrogen) atoms. The summed E-state index contributed by atoms with van der Waals surface area (Å²) in [5.41, 5.74) is -0.353. The van der Waals surface area contributed by atoms with Gasteiger partial charge >= 0.3 is 0 Å². The van der Waals surface area contributed by atoms with Gasteiger partial charge in [-0.2, -0.15) is 0 Å². The van der Waals surface area contributed by atoms with Gasteiger partial charge in [0.05, 0.1) is 18.3 Å². The summed E-state index contributed by atoms with van der Waals surface area (Å²) in [5, 5.41) is 3.29. The molecule has 4 nitrogen and oxygen atoms in total. The van der Waals surface area contributed by atoms with Gasteiger partial charge in [-0.05, 0) is 32.6 Å². The number of nitrogens with zero attached hydrogens (tertiary/aromatic N) is 1. The minimum Gasteiger partial charge on any atom is -0.376 e. The van der Waals surface area contributed by atoms with Crippen LogP contribution in [0.4, 0.5) is 0 Å². The Morgan fingerprint density at radius 3 is 2.94 bits per heavy atom. The molecule has 2 rings (SSSR count). The lowest BCUT2D eigenvalue weighted by Gasteiger charge is -2.27. The molecule has 0 radical (unpaired) electrons. The Balaban J connectivity index is 1.89. The van der Waals surface area contributed by atoms with E-state index in [4.69, 9.17) is 4.74 Å². The van der Waals surface area contributed by atoms with Crippen LogP contribution < -0.4 is 5.32 Å². The van der Waals surface area contributed by atoms with Crippen molar-refractivity contribution < 1.29 is 9.53 Å². The maximum Gasteiger partial charge on any atom is 0.243 e. The lowest BCUT2D eigenvalue weighted by atomic mass is 9.99. The zero-order valence-electron chi connectivity index (χ0n) is 10.3. The molecule has 0 aromatic heterocycles. The van der Waals surface area contributed by atoms with Gasteiger partial charge in [-0.15, -0.1) is 0 Å². The highest BCUT2D eigenvalue weighted by molar-refractivity contribution is 5.87. The Hall–Kier alpha value is -0.610. The number of hydrogen-bond acceptors (Lipinski definition) is 3. The summed E-state index contributed by atoms with van der Waals surface area (Å²) in [6.07, 6.45) is 4.57. The van der Waals surface area contributed by atoms with Gasteiger partial charge in [0.25, 0.3) is 0 Å². The molecule has 0 aromatic rings. The van der Waals surface area contributed by atoms with Crippen LogP contribution >= 0.6 is 0 Å². The summed E-state index contributed by atoms with van der Waals surface area (Å²) >= 11 is 0. The summed E-state index contributed by atoms with van der Waals surface area (Å²) < 4.78 is 5.67. The molecule has 2 unspecified atom stereocenters. The first-order valence-corrected chi connectivity index (χ1v) is 6.32. The molecule has 1 amide bonds. The van der Waals surface area contributed by atoms with Gasteiger partial charge in [-0.1, -0.05) is 6.92 Å². The maximum atomic E-state index is 12.1. The number of ether oxygens (including phenoxy) is 1. The number of amides is 1. The summed E-state index contributed by atoms with van der Waals surface area (Å²) in [7, 11) is 0. The quantitative estimate of drug-likeness (QED) is 0.784. The predicted molar refractivity (Wildman–Crippen MR) is 62.0 cm³/mol. The van der Waals surface area contributed by atoms with Gasteiger partial charge in [0, 0.05) is 13.2 Å². The van der Waals surface area contributed by atoms with E-state index in [0.717, 1.165) is 32.4 Å². The Bertz CT molecular complexity index is 264. The highest BCUT2D eigenvalue weighted by Gasteiger charge is 2.41. The minimum absolute atomic E-state index is 0.226. The van der Waals surface area contributed by atoms with Crippen molar-refractivity contribution >= 4 is 5.91 Å².